The van der Waals surface area contributed by atoms with E-state index < -0.39 is 0 Å². The minimum atomic E-state index is 0.0814. The molecule has 2 amide bonds. The van der Waals surface area contributed by atoms with E-state index in [-0.39, 0.29) is 23.8 Å². The SMILES string of the molecule is CN1CC(NC(=O)C2CCCC2CN)CCC1=O. The van der Waals surface area contributed by atoms with Crippen LogP contribution in [-0.4, -0.2) is 42.9 Å². The van der Waals surface area contributed by atoms with Crippen molar-refractivity contribution in [3.8, 4) is 0 Å². The first kappa shape index (κ1) is 13.3. The second-order valence-corrected chi connectivity index (χ2v) is 5.55. The van der Waals surface area contributed by atoms with Crippen LogP contribution in [0, 0.1) is 11.8 Å². The highest BCUT2D eigenvalue weighted by atomic mass is 16.2. The fraction of sp³-hybridized carbons (Fsp3) is 0.846. The smallest absolute Gasteiger partial charge is 0.223 e. The molecule has 0 aromatic rings. The van der Waals surface area contributed by atoms with Gasteiger partial charge in [0.05, 0.1) is 0 Å². The summed E-state index contributed by atoms with van der Waals surface area (Å²) < 4.78 is 0. The van der Waals surface area contributed by atoms with E-state index in [0.29, 0.717) is 25.4 Å². The summed E-state index contributed by atoms with van der Waals surface area (Å²) in [4.78, 5) is 25.3. The maximum absolute atomic E-state index is 12.2. The highest BCUT2D eigenvalue weighted by Gasteiger charge is 2.33. The number of nitrogens with two attached hydrogens (primary N) is 1. The summed E-state index contributed by atoms with van der Waals surface area (Å²) in [5.74, 6) is 0.725. The Morgan fingerprint density at radius 3 is 2.89 bits per heavy atom. The molecule has 0 radical (unpaired) electrons. The third-order valence-corrected chi connectivity index (χ3v) is 4.27. The summed E-state index contributed by atoms with van der Waals surface area (Å²) in [5, 5.41) is 3.09. The monoisotopic (exact) mass is 253 g/mol. The predicted octanol–water partition coefficient (Wildman–Crippen LogP) is 0.0984. The van der Waals surface area contributed by atoms with Crippen LogP contribution in [0.3, 0.4) is 0 Å². The number of likely N-dealkylation sites (tertiary alicyclic amines) is 1. The molecule has 18 heavy (non-hydrogen) atoms. The molecule has 0 spiro atoms. The Bertz CT molecular complexity index is 332. The molecule has 1 heterocycles. The molecule has 5 heteroatoms. The van der Waals surface area contributed by atoms with Gasteiger partial charge in [0.1, 0.15) is 0 Å². The van der Waals surface area contributed by atoms with Gasteiger partial charge in [-0.25, -0.2) is 0 Å². The number of hydrogen-bond acceptors (Lipinski definition) is 3. The summed E-state index contributed by atoms with van der Waals surface area (Å²) in [6.45, 7) is 1.23. The van der Waals surface area contributed by atoms with Crippen molar-refractivity contribution < 1.29 is 9.59 Å². The Hall–Kier alpha value is -1.10. The first-order chi connectivity index (χ1) is 8.61. The van der Waals surface area contributed by atoms with Crippen LogP contribution < -0.4 is 11.1 Å². The summed E-state index contributed by atoms with van der Waals surface area (Å²) >= 11 is 0. The third kappa shape index (κ3) is 2.83. The Labute approximate surface area is 108 Å². The van der Waals surface area contributed by atoms with Gasteiger partial charge in [-0.3, -0.25) is 9.59 Å². The van der Waals surface area contributed by atoms with Crippen molar-refractivity contribution in [1.29, 1.82) is 0 Å². The van der Waals surface area contributed by atoms with Crippen LogP contribution in [-0.2, 0) is 9.59 Å². The molecule has 3 N–H and O–H groups in total. The number of likely N-dealkylation sites (N-methyl/N-ethyl adjacent to an activating group) is 1. The molecule has 1 aliphatic carbocycles. The molecule has 0 aromatic carbocycles. The first-order valence-corrected chi connectivity index (χ1v) is 6.86. The summed E-state index contributed by atoms with van der Waals surface area (Å²) in [6.07, 6.45) is 4.41. The average Bonchev–Trinajstić information content (AvgIpc) is 2.82. The Kier molecular flexibility index (Phi) is 4.22. The molecule has 5 nitrogen and oxygen atoms in total. The quantitative estimate of drug-likeness (QED) is 0.749. The minimum absolute atomic E-state index is 0.0814. The van der Waals surface area contributed by atoms with E-state index >= 15 is 0 Å². The zero-order chi connectivity index (χ0) is 13.1. The Morgan fingerprint density at radius 1 is 1.44 bits per heavy atom. The second-order valence-electron chi connectivity index (χ2n) is 5.55. The van der Waals surface area contributed by atoms with Gasteiger partial charge in [0.2, 0.25) is 11.8 Å². The molecule has 3 unspecified atom stereocenters. The molecule has 3 atom stereocenters. The molecular formula is C13H23N3O2. The van der Waals surface area contributed by atoms with Crippen molar-refractivity contribution in [2.45, 2.75) is 38.1 Å². The van der Waals surface area contributed by atoms with Gasteiger partial charge in [-0.15, -0.1) is 0 Å². The normalized spacial score (nSPS) is 32.7. The van der Waals surface area contributed by atoms with Gasteiger partial charge in [0.25, 0.3) is 0 Å². The lowest BCUT2D eigenvalue weighted by molar-refractivity contribution is -0.134. The van der Waals surface area contributed by atoms with Crippen LogP contribution in [0.1, 0.15) is 32.1 Å². The van der Waals surface area contributed by atoms with E-state index in [2.05, 4.69) is 5.32 Å². The van der Waals surface area contributed by atoms with Crippen LogP contribution in [0.15, 0.2) is 0 Å². The van der Waals surface area contributed by atoms with E-state index in [9.17, 15) is 9.59 Å². The molecular weight excluding hydrogens is 230 g/mol. The lowest BCUT2D eigenvalue weighted by atomic mass is 9.94. The minimum Gasteiger partial charge on any atom is -0.351 e. The molecule has 1 saturated carbocycles. The van der Waals surface area contributed by atoms with Crippen molar-refractivity contribution in [2.24, 2.45) is 17.6 Å². The Morgan fingerprint density at radius 2 is 2.22 bits per heavy atom. The fourth-order valence-corrected chi connectivity index (χ4v) is 3.10. The lowest BCUT2D eigenvalue weighted by Gasteiger charge is -2.31. The molecule has 1 aliphatic heterocycles. The number of hydrogen-bond donors (Lipinski definition) is 2. The van der Waals surface area contributed by atoms with Crippen LogP contribution in [0.2, 0.25) is 0 Å². The first-order valence-electron chi connectivity index (χ1n) is 6.86. The largest absolute Gasteiger partial charge is 0.351 e. The maximum Gasteiger partial charge on any atom is 0.223 e. The zero-order valence-electron chi connectivity index (χ0n) is 11.0. The van der Waals surface area contributed by atoms with Crippen molar-refractivity contribution in [3.05, 3.63) is 0 Å². The number of nitrogens with one attached hydrogen (secondary N) is 1. The van der Waals surface area contributed by atoms with Crippen molar-refractivity contribution in [1.82, 2.24) is 10.2 Å². The van der Waals surface area contributed by atoms with E-state index in [1.54, 1.807) is 11.9 Å². The summed E-state index contributed by atoms with van der Waals surface area (Å²) in [7, 11) is 1.79. The van der Waals surface area contributed by atoms with Gasteiger partial charge in [0, 0.05) is 32.0 Å². The zero-order valence-corrected chi connectivity index (χ0v) is 11.0. The topological polar surface area (TPSA) is 75.4 Å². The summed E-state index contributed by atoms with van der Waals surface area (Å²) in [5.41, 5.74) is 5.70. The molecule has 102 valence electrons. The molecule has 2 rings (SSSR count). The molecule has 2 fully saturated rings. The standard InChI is InChI=1S/C13H23N3O2/c1-16-8-10(5-6-12(16)17)15-13(18)11-4-2-3-9(11)7-14/h9-11H,2-8,14H2,1H3,(H,15,18). The molecule has 0 bridgehead atoms. The van der Waals surface area contributed by atoms with Crippen LogP contribution in [0.5, 0.6) is 0 Å². The maximum atomic E-state index is 12.2. The van der Waals surface area contributed by atoms with Crippen LogP contribution in [0.25, 0.3) is 0 Å². The number of rotatable bonds is 3. The van der Waals surface area contributed by atoms with Gasteiger partial charge in [-0.1, -0.05) is 6.42 Å². The van der Waals surface area contributed by atoms with Crippen molar-refractivity contribution in [3.63, 3.8) is 0 Å². The summed E-state index contributed by atoms with van der Waals surface area (Å²) in [6, 6.07) is 0.110. The highest BCUT2D eigenvalue weighted by Crippen LogP contribution is 2.31. The molecule has 1 saturated heterocycles. The van der Waals surface area contributed by atoms with E-state index in [1.165, 1.54) is 0 Å². The second kappa shape index (κ2) is 5.69. The van der Waals surface area contributed by atoms with Crippen molar-refractivity contribution in [2.75, 3.05) is 20.1 Å². The number of nitrogens with zero attached hydrogens (tertiary/aromatic N) is 1. The van der Waals surface area contributed by atoms with Crippen molar-refractivity contribution >= 4 is 11.8 Å². The number of carbonyl (C=O) groups excluding carboxylic acids is 2. The predicted molar refractivity (Wildman–Crippen MR) is 68.7 cm³/mol. The Balaban J connectivity index is 1.86. The molecule has 2 aliphatic rings. The van der Waals surface area contributed by atoms with E-state index in [4.69, 9.17) is 5.73 Å². The highest BCUT2D eigenvalue weighted by molar-refractivity contribution is 5.81. The van der Waals surface area contributed by atoms with Gasteiger partial charge in [0.15, 0.2) is 0 Å². The van der Waals surface area contributed by atoms with Crippen LogP contribution >= 0.6 is 0 Å². The van der Waals surface area contributed by atoms with Gasteiger partial charge < -0.3 is 16.0 Å². The number of amides is 2. The van der Waals surface area contributed by atoms with Gasteiger partial charge in [-0.05, 0) is 31.7 Å². The van der Waals surface area contributed by atoms with E-state index in [1.807, 2.05) is 0 Å². The van der Waals surface area contributed by atoms with Gasteiger partial charge in [-0.2, -0.15) is 0 Å². The van der Waals surface area contributed by atoms with Crippen LogP contribution in [0.4, 0.5) is 0 Å². The fourth-order valence-electron chi connectivity index (χ4n) is 3.10. The number of carbonyl (C=O) groups is 2. The third-order valence-electron chi connectivity index (χ3n) is 4.27. The number of piperidine rings is 1. The average molecular weight is 253 g/mol. The molecule has 0 aromatic heterocycles. The van der Waals surface area contributed by atoms with E-state index in [0.717, 1.165) is 25.7 Å². The lowest BCUT2D eigenvalue weighted by Crippen LogP contribution is -2.50. The van der Waals surface area contributed by atoms with Gasteiger partial charge >= 0.3 is 0 Å².